The highest BCUT2D eigenvalue weighted by Gasteiger charge is 2.19. The number of aryl methyl sites for hydroxylation is 1. The minimum atomic E-state index is 0.698. The van der Waals surface area contributed by atoms with Gasteiger partial charge in [0.15, 0.2) is 0 Å². The fraction of sp³-hybridized carbons (Fsp3) is 0.786. The van der Waals surface area contributed by atoms with Crippen LogP contribution in [0.4, 0.5) is 0 Å². The normalized spacial score (nSPS) is 18.7. The predicted octanol–water partition coefficient (Wildman–Crippen LogP) is 2.46. The number of rotatable bonds is 5. The summed E-state index contributed by atoms with van der Waals surface area (Å²) in [5.74, 6) is 0. The van der Waals surface area contributed by atoms with Crippen molar-refractivity contribution in [1.82, 2.24) is 15.2 Å². The van der Waals surface area contributed by atoms with Crippen LogP contribution in [0.2, 0.25) is 0 Å². The Labute approximate surface area is 115 Å². The summed E-state index contributed by atoms with van der Waals surface area (Å²) in [5, 5.41) is 7.08. The number of likely N-dealkylation sites (tertiary alicyclic amines) is 1. The molecule has 3 nitrogen and oxygen atoms in total. The smallest absolute Gasteiger partial charge is 0.0940 e. The van der Waals surface area contributed by atoms with E-state index in [4.69, 9.17) is 0 Å². The van der Waals surface area contributed by atoms with Gasteiger partial charge in [0, 0.05) is 36.1 Å². The monoisotopic (exact) mass is 267 g/mol. The summed E-state index contributed by atoms with van der Waals surface area (Å²) in [5.41, 5.74) is 1.15. The molecular weight excluding hydrogens is 242 g/mol. The third-order valence-corrected chi connectivity index (χ3v) is 4.72. The molecular formula is C14H25N3S. The lowest BCUT2D eigenvalue weighted by atomic mass is 10.0. The summed E-state index contributed by atoms with van der Waals surface area (Å²) in [6.07, 6.45) is 3.65. The Morgan fingerprint density at radius 1 is 1.44 bits per heavy atom. The molecule has 1 aliphatic heterocycles. The van der Waals surface area contributed by atoms with Crippen molar-refractivity contribution in [3.05, 3.63) is 16.1 Å². The number of aromatic nitrogens is 1. The highest BCUT2D eigenvalue weighted by atomic mass is 32.1. The Bertz CT molecular complexity index is 354. The standard InChI is InChI=1S/C14H25N3S/c1-11(2)17-8-5-13(6-9-17)15-7-4-14-16-12(3)10-18-14/h10-11,13,15H,4-9H2,1-3H3. The van der Waals surface area contributed by atoms with E-state index in [2.05, 4.69) is 41.4 Å². The van der Waals surface area contributed by atoms with E-state index in [0.29, 0.717) is 12.1 Å². The Hall–Kier alpha value is -0.450. The van der Waals surface area contributed by atoms with Gasteiger partial charge >= 0.3 is 0 Å². The zero-order valence-corrected chi connectivity index (χ0v) is 12.6. The lowest BCUT2D eigenvalue weighted by Gasteiger charge is -2.35. The SMILES string of the molecule is Cc1csc(CCNC2CCN(C(C)C)CC2)n1. The van der Waals surface area contributed by atoms with Crippen LogP contribution < -0.4 is 5.32 Å². The Kier molecular flexibility index (Phi) is 5.15. The first kappa shape index (κ1) is 14.0. The topological polar surface area (TPSA) is 28.2 Å². The van der Waals surface area contributed by atoms with E-state index >= 15 is 0 Å². The minimum Gasteiger partial charge on any atom is -0.313 e. The highest BCUT2D eigenvalue weighted by Crippen LogP contribution is 2.13. The molecule has 1 aromatic rings. The van der Waals surface area contributed by atoms with E-state index in [0.717, 1.165) is 18.7 Å². The summed E-state index contributed by atoms with van der Waals surface area (Å²) in [6.45, 7) is 10.2. The molecule has 0 radical (unpaired) electrons. The third kappa shape index (κ3) is 4.04. The van der Waals surface area contributed by atoms with Gasteiger partial charge in [-0.2, -0.15) is 0 Å². The van der Waals surface area contributed by atoms with Crippen LogP contribution >= 0.6 is 11.3 Å². The van der Waals surface area contributed by atoms with Gasteiger partial charge in [-0.05, 0) is 46.7 Å². The molecule has 1 fully saturated rings. The van der Waals surface area contributed by atoms with Gasteiger partial charge in [0.25, 0.3) is 0 Å². The van der Waals surface area contributed by atoms with Crippen LogP contribution in [0.25, 0.3) is 0 Å². The number of nitrogens with zero attached hydrogens (tertiary/aromatic N) is 2. The maximum Gasteiger partial charge on any atom is 0.0940 e. The van der Waals surface area contributed by atoms with Crippen LogP contribution in [0.15, 0.2) is 5.38 Å². The average molecular weight is 267 g/mol. The van der Waals surface area contributed by atoms with Crippen molar-refractivity contribution in [3.8, 4) is 0 Å². The number of hydrogen-bond donors (Lipinski definition) is 1. The van der Waals surface area contributed by atoms with Gasteiger partial charge in [-0.25, -0.2) is 4.98 Å². The number of hydrogen-bond acceptors (Lipinski definition) is 4. The molecule has 4 heteroatoms. The van der Waals surface area contributed by atoms with Gasteiger partial charge in [0.05, 0.1) is 5.01 Å². The second kappa shape index (κ2) is 6.64. The fourth-order valence-electron chi connectivity index (χ4n) is 2.52. The molecule has 1 aromatic heterocycles. The first-order valence-corrected chi connectivity index (χ1v) is 7.91. The summed E-state index contributed by atoms with van der Waals surface area (Å²) in [7, 11) is 0. The molecule has 0 saturated carbocycles. The zero-order valence-electron chi connectivity index (χ0n) is 11.8. The second-order valence-electron chi connectivity index (χ2n) is 5.49. The maximum atomic E-state index is 4.50. The molecule has 18 heavy (non-hydrogen) atoms. The summed E-state index contributed by atoms with van der Waals surface area (Å²) in [6, 6.07) is 1.41. The second-order valence-corrected chi connectivity index (χ2v) is 6.43. The minimum absolute atomic E-state index is 0.698. The molecule has 0 unspecified atom stereocenters. The van der Waals surface area contributed by atoms with Crippen LogP contribution in [-0.2, 0) is 6.42 Å². The van der Waals surface area contributed by atoms with Crippen LogP contribution in [0.3, 0.4) is 0 Å². The summed E-state index contributed by atoms with van der Waals surface area (Å²) in [4.78, 5) is 7.07. The molecule has 0 amide bonds. The van der Waals surface area contributed by atoms with Crippen molar-refractivity contribution in [2.45, 2.75) is 52.1 Å². The fourth-order valence-corrected chi connectivity index (χ4v) is 3.30. The first-order chi connectivity index (χ1) is 8.65. The van der Waals surface area contributed by atoms with Gasteiger partial charge in [-0.15, -0.1) is 11.3 Å². The van der Waals surface area contributed by atoms with Crippen molar-refractivity contribution in [1.29, 1.82) is 0 Å². The predicted molar refractivity (Wildman–Crippen MR) is 78.3 cm³/mol. The average Bonchev–Trinajstić information content (AvgIpc) is 2.76. The quantitative estimate of drug-likeness (QED) is 0.888. The molecule has 1 aliphatic rings. The van der Waals surface area contributed by atoms with Crippen LogP contribution in [0.1, 0.15) is 37.4 Å². The molecule has 0 aromatic carbocycles. The summed E-state index contributed by atoms with van der Waals surface area (Å²) >= 11 is 1.78. The molecule has 0 bridgehead atoms. The molecule has 102 valence electrons. The van der Waals surface area contributed by atoms with Crippen molar-refractivity contribution in [3.63, 3.8) is 0 Å². The number of thiazole rings is 1. The summed E-state index contributed by atoms with van der Waals surface area (Å²) < 4.78 is 0. The van der Waals surface area contributed by atoms with E-state index < -0.39 is 0 Å². The van der Waals surface area contributed by atoms with Crippen molar-refractivity contribution in [2.24, 2.45) is 0 Å². The van der Waals surface area contributed by atoms with E-state index in [1.54, 1.807) is 11.3 Å². The molecule has 0 aliphatic carbocycles. The molecule has 1 saturated heterocycles. The van der Waals surface area contributed by atoms with Crippen LogP contribution in [-0.4, -0.2) is 41.6 Å². The zero-order chi connectivity index (χ0) is 13.0. The molecule has 2 rings (SSSR count). The van der Waals surface area contributed by atoms with E-state index in [1.165, 1.54) is 30.9 Å². The molecule has 0 spiro atoms. The van der Waals surface area contributed by atoms with Gasteiger partial charge in [0.1, 0.15) is 0 Å². The van der Waals surface area contributed by atoms with Gasteiger partial charge in [0.2, 0.25) is 0 Å². The molecule has 0 atom stereocenters. The Balaban J connectivity index is 1.63. The van der Waals surface area contributed by atoms with Crippen molar-refractivity contribution < 1.29 is 0 Å². The lowest BCUT2D eigenvalue weighted by molar-refractivity contribution is 0.161. The first-order valence-electron chi connectivity index (χ1n) is 7.03. The third-order valence-electron chi connectivity index (χ3n) is 3.70. The van der Waals surface area contributed by atoms with Crippen LogP contribution in [0, 0.1) is 6.92 Å². The van der Waals surface area contributed by atoms with Crippen LogP contribution in [0.5, 0.6) is 0 Å². The van der Waals surface area contributed by atoms with Gasteiger partial charge in [-0.1, -0.05) is 0 Å². The highest BCUT2D eigenvalue weighted by molar-refractivity contribution is 7.09. The Morgan fingerprint density at radius 2 is 2.17 bits per heavy atom. The number of nitrogens with one attached hydrogen (secondary N) is 1. The van der Waals surface area contributed by atoms with E-state index in [1.807, 2.05) is 0 Å². The van der Waals surface area contributed by atoms with Gasteiger partial charge in [-0.3, -0.25) is 0 Å². The van der Waals surface area contributed by atoms with Crippen molar-refractivity contribution in [2.75, 3.05) is 19.6 Å². The number of piperidine rings is 1. The molecule has 2 heterocycles. The largest absolute Gasteiger partial charge is 0.313 e. The Morgan fingerprint density at radius 3 is 2.72 bits per heavy atom. The molecule has 1 N–H and O–H groups in total. The van der Waals surface area contributed by atoms with Crippen molar-refractivity contribution >= 4 is 11.3 Å². The maximum absolute atomic E-state index is 4.50. The van der Waals surface area contributed by atoms with Gasteiger partial charge < -0.3 is 10.2 Å². The van der Waals surface area contributed by atoms with E-state index in [9.17, 15) is 0 Å². The van der Waals surface area contributed by atoms with E-state index in [-0.39, 0.29) is 0 Å². The lowest BCUT2D eigenvalue weighted by Crippen LogP contribution is -2.45.